The molecule has 51 heavy (non-hydrogen) atoms. The fourth-order valence-electron chi connectivity index (χ4n) is 6.62. The summed E-state index contributed by atoms with van der Waals surface area (Å²) in [4.78, 5) is 15.8. The Morgan fingerprint density at radius 2 is 1.82 bits per heavy atom. The van der Waals surface area contributed by atoms with Crippen molar-refractivity contribution in [3.8, 4) is 34.2 Å². The van der Waals surface area contributed by atoms with Crippen LogP contribution in [0, 0.1) is 18.3 Å². The average molecular weight is 691 g/mol. The number of hydrogen-bond donors (Lipinski definition) is 0. The number of pyridine rings is 1. The van der Waals surface area contributed by atoms with Gasteiger partial charge in [0.15, 0.2) is 6.10 Å². The second kappa shape index (κ2) is 15.5. The molecule has 2 aromatic heterocycles. The van der Waals surface area contributed by atoms with E-state index in [0.29, 0.717) is 37.4 Å². The lowest BCUT2D eigenvalue weighted by molar-refractivity contribution is -0.164. The van der Waals surface area contributed by atoms with Crippen molar-refractivity contribution in [2.45, 2.75) is 84.2 Å². The van der Waals surface area contributed by atoms with Gasteiger partial charge in [-0.15, -0.1) is 13.2 Å². The molecule has 4 aromatic rings. The van der Waals surface area contributed by atoms with Crippen LogP contribution in [0.2, 0.25) is 0 Å². The Kier molecular flexibility index (Phi) is 11.4. The van der Waals surface area contributed by atoms with E-state index in [1.807, 2.05) is 81.7 Å². The van der Waals surface area contributed by atoms with Gasteiger partial charge in [-0.25, -0.2) is 9.31 Å². The molecule has 0 saturated carbocycles. The number of nitriles is 1. The van der Waals surface area contributed by atoms with E-state index in [9.17, 15) is 10.1 Å². The third-order valence-electron chi connectivity index (χ3n) is 9.21. The normalized spacial score (nSPS) is 15.5. The number of carbonyl (C=O) groups excluding carboxylic acids is 1. The fraction of sp³-hybridized carbons (Fsp3) is 0.405. The van der Waals surface area contributed by atoms with Gasteiger partial charge in [-0.05, 0) is 95.8 Å². The molecule has 0 amide bonds. The minimum Gasteiger partial charge on any atom is -0.490 e. The van der Waals surface area contributed by atoms with Gasteiger partial charge < -0.3 is 23.8 Å². The number of rotatable bonds is 13. The maximum absolute atomic E-state index is 13.5. The third-order valence-corrected chi connectivity index (χ3v) is 9.21. The van der Waals surface area contributed by atoms with E-state index in [-0.39, 0.29) is 11.7 Å². The summed E-state index contributed by atoms with van der Waals surface area (Å²) in [5.41, 5.74) is 6.40. The highest BCUT2D eigenvalue weighted by Gasteiger charge is 2.37. The molecule has 2 aromatic carbocycles. The van der Waals surface area contributed by atoms with Gasteiger partial charge in [0.1, 0.15) is 5.75 Å². The first-order valence-electron chi connectivity index (χ1n) is 17.5. The number of anilines is 1. The lowest BCUT2D eigenvalue weighted by atomic mass is 9.91. The van der Waals surface area contributed by atoms with Gasteiger partial charge in [0.2, 0.25) is 0 Å². The SMILES string of the molecule is C=CCOC1(C)CCN(c2c([C@H](OC(C)(C)C)C(=O)OC)c(C)cn3nc(-c4cccc(-c5cc(C#N)ccc5O[C@@H](C)CC=C)c4)cc23)CC1. The van der Waals surface area contributed by atoms with Crippen LogP contribution in [0.5, 0.6) is 5.75 Å². The minimum absolute atomic E-state index is 0.0797. The lowest BCUT2D eigenvalue weighted by Crippen LogP contribution is -2.45. The second-order valence-corrected chi connectivity index (χ2v) is 14.5. The standard InChI is InChI=1S/C42H50N4O5/c1-10-13-29(4)50-36-17-16-30(26-43)23-33(36)31-14-12-15-32(24-31)34-25-35-38(45-20-18-42(8,19-21-45)49-22-11-2)37(28(3)27-46(35)44-34)39(40(47)48-9)51-41(5,6)7/h10-12,14-17,23-25,27,29,39H,1-2,13,18-22H2,3-9H3/t29-,39-/m0/s1. The van der Waals surface area contributed by atoms with E-state index in [1.54, 1.807) is 12.1 Å². The van der Waals surface area contributed by atoms with Gasteiger partial charge in [-0.1, -0.05) is 30.4 Å². The number of benzene rings is 2. The van der Waals surface area contributed by atoms with Gasteiger partial charge in [-0.3, -0.25) is 0 Å². The molecule has 3 heterocycles. The monoisotopic (exact) mass is 690 g/mol. The molecule has 1 aliphatic heterocycles. The zero-order chi connectivity index (χ0) is 36.9. The molecule has 0 spiro atoms. The largest absolute Gasteiger partial charge is 0.490 e. The number of hydrogen-bond acceptors (Lipinski definition) is 8. The van der Waals surface area contributed by atoms with Crippen LogP contribution in [0.15, 0.2) is 80.0 Å². The number of ether oxygens (including phenoxy) is 4. The van der Waals surface area contributed by atoms with Crippen LogP contribution in [0.3, 0.4) is 0 Å². The Morgan fingerprint density at radius 1 is 1.10 bits per heavy atom. The number of fused-ring (bicyclic) bond motifs is 1. The Bertz CT molecular complexity index is 1940. The number of nitrogens with zero attached hydrogens (tertiary/aromatic N) is 4. The van der Waals surface area contributed by atoms with Crippen LogP contribution in [0.1, 0.15) is 76.7 Å². The van der Waals surface area contributed by atoms with E-state index >= 15 is 0 Å². The highest BCUT2D eigenvalue weighted by Crippen LogP contribution is 2.42. The molecule has 0 aliphatic carbocycles. The molecule has 9 heteroatoms. The molecule has 5 rings (SSSR count). The van der Waals surface area contributed by atoms with Gasteiger partial charge in [0.25, 0.3) is 0 Å². The molecule has 0 unspecified atom stereocenters. The van der Waals surface area contributed by atoms with E-state index in [2.05, 4.69) is 43.2 Å². The zero-order valence-corrected chi connectivity index (χ0v) is 31.0. The molecule has 0 N–H and O–H groups in total. The zero-order valence-electron chi connectivity index (χ0n) is 31.0. The first-order valence-corrected chi connectivity index (χ1v) is 17.5. The van der Waals surface area contributed by atoms with Gasteiger partial charge in [0, 0.05) is 42.4 Å². The summed E-state index contributed by atoms with van der Waals surface area (Å²) >= 11 is 0. The van der Waals surface area contributed by atoms with E-state index in [1.165, 1.54) is 7.11 Å². The van der Waals surface area contributed by atoms with Gasteiger partial charge in [-0.2, -0.15) is 10.4 Å². The van der Waals surface area contributed by atoms with Crippen molar-refractivity contribution in [3.05, 3.63) is 96.7 Å². The summed E-state index contributed by atoms with van der Waals surface area (Å²) in [5, 5.41) is 14.8. The summed E-state index contributed by atoms with van der Waals surface area (Å²) in [6, 6.07) is 17.9. The molecular formula is C42H50N4O5. The molecule has 1 aliphatic rings. The number of piperidine rings is 1. The van der Waals surface area contributed by atoms with Crippen LogP contribution in [0.25, 0.3) is 27.9 Å². The maximum Gasteiger partial charge on any atom is 0.339 e. The highest BCUT2D eigenvalue weighted by molar-refractivity contribution is 5.88. The van der Waals surface area contributed by atoms with Crippen LogP contribution in [-0.4, -0.2) is 59.7 Å². The first-order chi connectivity index (χ1) is 24.3. The molecular weight excluding hydrogens is 640 g/mol. The molecule has 0 radical (unpaired) electrons. The predicted molar refractivity (Wildman–Crippen MR) is 202 cm³/mol. The van der Waals surface area contributed by atoms with Crippen LogP contribution < -0.4 is 9.64 Å². The van der Waals surface area contributed by atoms with Crippen LogP contribution in [-0.2, 0) is 19.0 Å². The average Bonchev–Trinajstić information content (AvgIpc) is 3.53. The molecule has 268 valence electrons. The van der Waals surface area contributed by atoms with E-state index in [0.717, 1.165) is 57.6 Å². The number of methoxy groups -OCH3 is 1. The second-order valence-electron chi connectivity index (χ2n) is 14.5. The maximum atomic E-state index is 13.5. The summed E-state index contributed by atoms with van der Waals surface area (Å²) < 4.78 is 26.2. The summed E-state index contributed by atoms with van der Waals surface area (Å²) in [7, 11) is 1.39. The highest BCUT2D eigenvalue weighted by atomic mass is 16.6. The molecule has 9 nitrogen and oxygen atoms in total. The lowest BCUT2D eigenvalue weighted by Gasteiger charge is -2.41. The molecule has 1 fully saturated rings. The Morgan fingerprint density at radius 3 is 2.47 bits per heavy atom. The van der Waals surface area contributed by atoms with Gasteiger partial charge >= 0.3 is 5.97 Å². The smallest absolute Gasteiger partial charge is 0.339 e. The van der Waals surface area contributed by atoms with Crippen molar-refractivity contribution in [2.24, 2.45) is 0 Å². The fourth-order valence-corrected chi connectivity index (χ4v) is 6.62. The number of carbonyl (C=O) groups is 1. The summed E-state index contributed by atoms with van der Waals surface area (Å²) in [6.07, 6.45) is 6.83. The van der Waals surface area contributed by atoms with Crippen LogP contribution in [0.4, 0.5) is 5.69 Å². The predicted octanol–water partition coefficient (Wildman–Crippen LogP) is 8.78. The Hall–Kier alpha value is -4.91. The number of esters is 1. The molecule has 0 bridgehead atoms. The van der Waals surface area contributed by atoms with Crippen molar-refractivity contribution < 1.29 is 23.7 Å². The third kappa shape index (κ3) is 8.53. The first kappa shape index (κ1) is 37.3. The topological polar surface area (TPSA) is 98.3 Å². The van der Waals surface area contributed by atoms with Crippen molar-refractivity contribution in [1.82, 2.24) is 9.61 Å². The minimum atomic E-state index is -0.948. The summed E-state index contributed by atoms with van der Waals surface area (Å²) in [6.45, 7) is 21.5. The van der Waals surface area contributed by atoms with E-state index in [4.69, 9.17) is 24.0 Å². The van der Waals surface area contributed by atoms with Crippen molar-refractivity contribution in [1.29, 1.82) is 5.26 Å². The van der Waals surface area contributed by atoms with Crippen molar-refractivity contribution >= 4 is 17.2 Å². The number of aryl methyl sites for hydroxylation is 1. The summed E-state index contributed by atoms with van der Waals surface area (Å²) in [5.74, 6) is 0.238. The molecule has 1 saturated heterocycles. The Labute approximate surface area is 302 Å². The number of aromatic nitrogens is 2. The van der Waals surface area contributed by atoms with Crippen LogP contribution >= 0.6 is 0 Å². The molecule has 2 atom stereocenters. The Balaban J connectivity index is 1.65. The quantitative estimate of drug-likeness (QED) is 0.101. The van der Waals surface area contributed by atoms with Crippen molar-refractivity contribution in [2.75, 3.05) is 31.7 Å². The van der Waals surface area contributed by atoms with Crippen molar-refractivity contribution in [3.63, 3.8) is 0 Å². The van der Waals surface area contributed by atoms with Gasteiger partial charge in [0.05, 0.1) is 59.6 Å². The van der Waals surface area contributed by atoms with E-state index < -0.39 is 17.7 Å².